The second-order valence-electron chi connectivity index (χ2n) is 5.15. The molecule has 1 amide bonds. The molecule has 0 radical (unpaired) electrons. The van der Waals surface area contributed by atoms with Crippen LogP contribution in [0.3, 0.4) is 0 Å². The number of nitrogens with one attached hydrogen (secondary N) is 2. The highest BCUT2D eigenvalue weighted by molar-refractivity contribution is 6.38. The van der Waals surface area contributed by atoms with E-state index < -0.39 is 0 Å². The fourth-order valence-electron chi connectivity index (χ4n) is 2.68. The zero-order valence-corrected chi connectivity index (χ0v) is 12.9. The van der Waals surface area contributed by atoms with Crippen molar-refractivity contribution in [1.29, 1.82) is 0 Å². The summed E-state index contributed by atoms with van der Waals surface area (Å²) in [5.74, 6) is -0.125. The first kappa shape index (κ1) is 15.5. The summed E-state index contributed by atoms with van der Waals surface area (Å²) in [6.07, 6.45) is 7.18. The molecule has 7 heteroatoms. The predicted octanol–water partition coefficient (Wildman–Crippen LogP) is 3.03. The number of hydrogen-bond donors (Lipinski definition) is 2. The van der Waals surface area contributed by atoms with E-state index in [2.05, 4.69) is 20.6 Å². The molecule has 1 saturated carbocycles. The topological polar surface area (TPSA) is 66.9 Å². The van der Waals surface area contributed by atoms with Gasteiger partial charge in [0, 0.05) is 12.0 Å². The third kappa shape index (κ3) is 3.59. The molecule has 2 rings (SSSR count). The third-order valence-electron chi connectivity index (χ3n) is 3.86. The van der Waals surface area contributed by atoms with Crippen LogP contribution in [-0.2, 0) is 4.79 Å². The molecule has 0 atom stereocenters. The molecule has 110 valence electrons. The lowest BCUT2D eigenvalue weighted by Gasteiger charge is -2.36. The van der Waals surface area contributed by atoms with Gasteiger partial charge < -0.3 is 10.6 Å². The third-order valence-corrected chi connectivity index (χ3v) is 4.43. The van der Waals surface area contributed by atoms with Crippen molar-refractivity contribution in [3.05, 3.63) is 16.6 Å². The van der Waals surface area contributed by atoms with E-state index >= 15 is 0 Å². The van der Waals surface area contributed by atoms with E-state index in [9.17, 15) is 4.79 Å². The Morgan fingerprint density at radius 1 is 1.25 bits per heavy atom. The number of halogens is 2. The molecule has 5 nitrogen and oxygen atoms in total. The van der Waals surface area contributed by atoms with Crippen molar-refractivity contribution in [2.45, 2.75) is 44.1 Å². The number of amides is 1. The van der Waals surface area contributed by atoms with Crippen LogP contribution in [0.5, 0.6) is 0 Å². The summed E-state index contributed by atoms with van der Waals surface area (Å²) < 4.78 is 0. The second kappa shape index (κ2) is 6.70. The van der Waals surface area contributed by atoms with Crippen LogP contribution in [0, 0.1) is 0 Å². The molecule has 1 aliphatic carbocycles. The fraction of sp³-hybridized carbons (Fsp3) is 0.615. The van der Waals surface area contributed by atoms with Crippen molar-refractivity contribution in [2.24, 2.45) is 0 Å². The number of nitrogens with zero attached hydrogens (tertiary/aromatic N) is 2. The lowest BCUT2D eigenvalue weighted by molar-refractivity contribution is -0.117. The summed E-state index contributed by atoms with van der Waals surface area (Å²) in [6.45, 7) is 0. The molecule has 0 aromatic carbocycles. The number of anilines is 1. The van der Waals surface area contributed by atoms with Gasteiger partial charge >= 0.3 is 0 Å². The first-order valence-electron chi connectivity index (χ1n) is 6.71. The Morgan fingerprint density at radius 3 is 2.40 bits per heavy atom. The summed E-state index contributed by atoms with van der Waals surface area (Å²) in [6, 6.07) is 0. The molecule has 1 heterocycles. The molecular formula is C13H18Cl2N4O. The van der Waals surface area contributed by atoms with Gasteiger partial charge in [0.25, 0.3) is 0 Å². The molecule has 20 heavy (non-hydrogen) atoms. The molecule has 1 aromatic heterocycles. The van der Waals surface area contributed by atoms with E-state index in [1.165, 1.54) is 12.7 Å². The van der Waals surface area contributed by atoms with Crippen molar-refractivity contribution in [3.8, 4) is 0 Å². The maximum absolute atomic E-state index is 12.2. The summed E-state index contributed by atoms with van der Waals surface area (Å²) in [5, 5.41) is 6.33. The van der Waals surface area contributed by atoms with Gasteiger partial charge in [-0.1, -0.05) is 42.5 Å². The van der Waals surface area contributed by atoms with E-state index in [1.807, 2.05) is 7.05 Å². The van der Waals surface area contributed by atoms with Gasteiger partial charge in [-0.2, -0.15) is 0 Å². The van der Waals surface area contributed by atoms with E-state index in [0.717, 1.165) is 25.7 Å². The average Bonchev–Trinajstić information content (AvgIpc) is 2.44. The highest BCUT2D eigenvalue weighted by Gasteiger charge is 2.32. The molecule has 0 spiro atoms. The minimum Gasteiger partial charge on any atom is -0.321 e. The molecule has 1 aromatic rings. The molecule has 1 aliphatic rings. The lowest BCUT2D eigenvalue weighted by atomic mass is 9.79. The van der Waals surface area contributed by atoms with Gasteiger partial charge in [-0.15, -0.1) is 0 Å². The summed E-state index contributed by atoms with van der Waals surface area (Å²) in [4.78, 5) is 19.9. The fourth-order valence-corrected chi connectivity index (χ4v) is 3.09. The Hall–Kier alpha value is -0.910. The average molecular weight is 317 g/mol. The standard InChI is InChI=1S/C13H18Cl2N4O/c1-16-13(5-3-2-4-6-13)7-9(20)19-10-11(14)17-8-18-12(10)15/h8,16H,2-7H2,1H3,(H,19,20). The van der Waals surface area contributed by atoms with Gasteiger partial charge in [-0.3, -0.25) is 4.79 Å². The highest BCUT2D eigenvalue weighted by atomic mass is 35.5. The number of rotatable bonds is 4. The second-order valence-corrected chi connectivity index (χ2v) is 5.86. The van der Waals surface area contributed by atoms with Crippen molar-refractivity contribution in [3.63, 3.8) is 0 Å². The molecule has 2 N–H and O–H groups in total. The van der Waals surface area contributed by atoms with E-state index in [4.69, 9.17) is 23.2 Å². The maximum Gasteiger partial charge on any atom is 0.226 e. The van der Waals surface area contributed by atoms with Crippen LogP contribution in [0.25, 0.3) is 0 Å². The molecule has 0 unspecified atom stereocenters. The Kier molecular flexibility index (Phi) is 5.18. The van der Waals surface area contributed by atoms with Crippen LogP contribution in [-0.4, -0.2) is 28.5 Å². The zero-order chi connectivity index (χ0) is 14.6. The lowest BCUT2D eigenvalue weighted by Crippen LogP contribution is -2.47. The molecule has 0 saturated heterocycles. The monoisotopic (exact) mass is 316 g/mol. The predicted molar refractivity (Wildman–Crippen MR) is 80.2 cm³/mol. The van der Waals surface area contributed by atoms with Crippen LogP contribution in [0.1, 0.15) is 38.5 Å². The Labute approximate surface area is 128 Å². The van der Waals surface area contributed by atoms with E-state index in [1.54, 1.807) is 0 Å². The minimum atomic E-state index is -0.128. The van der Waals surface area contributed by atoms with Crippen LogP contribution in [0.4, 0.5) is 5.69 Å². The van der Waals surface area contributed by atoms with E-state index in [0.29, 0.717) is 6.42 Å². The van der Waals surface area contributed by atoms with Gasteiger partial charge in [-0.05, 0) is 19.9 Å². The van der Waals surface area contributed by atoms with Crippen molar-refractivity contribution < 1.29 is 4.79 Å². The van der Waals surface area contributed by atoms with Gasteiger partial charge in [-0.25, -0.2) is 9.97 Å². The largest absolute Gasteiger partial charge is 0.321 e. The number of aromatic nitrogens is 2. The quantitative estimate of drug-likeness (QED) is 0.838. The minimum absolute atomic E-state index is 0.125. The molecule has 1 fully saturated rings. The van der Waals surface area contributed by atoms with Crippen LogP contribution < -0.4 is 10.6 Å². The van der Waals surface area contributed by atoms with Crippen LogP contribution in [0.2, 0.25) is 10.3 Å². The first-order chi connectivity index (χ1) is 9.56. The van der Waals surface area contributed by atoms with Gasteiger partial charge in [0.05, 0.1) is 0 Å². The zero-order valence-electron chi connectivity index (χ0n) is 11.4. The number of carbonyl (C=O) groups is 1. The number of hydrogen-bond acceptors (Lipinski definition) is 4. The summed E-state index contributed by atoms with van der Waals surface area (Å²) >= 11 is 11.8. The summed E-state index contributed by atoms with van der Waals surface area (Å²) in [7, 11) is 1.91. The SMILES string of the molecule is CNC1(CC(=O)Nc2c(Cl)ncnc2Cl)CCCCC1. The first-order valence-corrected chi connectivity index (χ1v) is 7.47. The van der Waals surface area contributed by atoms with Crippen molar-refractivity contribution in [1.82, 2.24) is 15.3 Å². The van der Waals surface area contributed by atoms with Gasteiger partial charge in [0.2, 0.25) is 5.91 Å². The van der Waals surface area contributed by atoms with Crippen LogP contribution >= 0.6 is 23.2 Å². The van der Waals surface area contributed by atoms with Gasteiger partial charge in [0.1, 0.15) is 12.0 Å². The highest BCUT2D eigenvalue weighted by Crippen LogP contribution is 2.32. The molecule has 0 bridgehead atoms. The van der Waals surface area contributed by atoms with Crippen molar-refractivity contribution >= 4 is 34.8 Å². The van der Waals surface area contributed by atoms with Crippen LogP contribution in [0.15, 0.2) is 6.33 Å². The molecule has 0 aliphatic heterocycles. The molecular weight excluding hydrogens is 299 g/mol. The summed E-state index contributed by atoms with van der Waals surface area (Å²) in [5.41, 5.74) is 0.152. The van der Waals surface area contributed by atoms with Gasteiger partial charge in [0.15, 0.2) is 10.3 Å². The van der Waals surface area contributed by atoms with Crippen molar-refractivity contribution in [2.75, 3.05) is 12.4 Å². The smallest absolute Gasteiger partial charge is 0.226 e. The Bertz CT molecular complexity index is 469. The Balaban J connectivity index is 2.05. The maximum atomic E-state index is 12.2. The number of carbonyl (C=O) groups excluding carboxylic acids is 1. The normalized spacial score (nSPS) is 17.8. The Morgan fingerprint density at radius 2 is 1.85 bits per heavy atom. The van der Waals surface area contributed by atoms with E-state index in [-0.39, 0.29) is 27.4 Å².